The number of aryl methyl sites for hydroxylation is 1. The van der Waals surface area contributed by atoms with Crippen molar-refractivity contribution < 1.29 is 31.5 Å². The highest BCUT2D eigenvalue weighted by atomic mass is 32.2. The summed E-state index contributed by atoms with van der Waals surface area (Å²) in [6.45, 7) is 1.03. The van der Waals surface area contributed by atoms with Crippen molar-refractivity contribution in [3.05, 3.63) is 59.2 Å². The van der Waals surface area contributed by atoms with E-state index >= 15 is 0 Å². The smallest absolute Gasteiger partial charge is 0.340 e. The van der Waals surface area contributed by atoms with Crippen molar-refractivity contribution in [1.82, 2.24) is 4.31 Å². The molecule has 1 fully saturated rings. The van der Waals surface area contributed by atoms with E-state index < -0.39 is 39.1 Å². The molecule has 33 heavy (non-hydrogen) atoms. The SMILES string of the molecule is COC(=O)c1cc(NC(=O)CCc2ccc(S(=O)(=O)N3CCCCCC3)cc2)c(F)cc1F. The second-order valence-corrected chi connectivity index (χ2v) is 9.75. The lowest BCUT2D eigenvalue weighted by Crippen LogP contribution is -2.31. The molecule has 1 aliphatic rings. The summed E-state index contributed by atoms with van der Waals surface area (Å²) < 4.78 is 59.4. The van der Waals surface area contributed by atoms with Gasteiger partial charge in [-0.1, -0.05) is 25.0 Å². The van der Waals surface area contributed by atoms with Crippen molar-refractivity contribution in [2.24, 2.45) is 0 Å². The predicted octanol–water partition coefficient (Wildman–Crippen LogP) is 3.89. The fraction of sp³-hybridized carbons (Fsp3) is 0.391. The molecule has 1 heterocycles. The number of amides is 1. The lowest BCUT2D eigenvalue weighted by Gasteiger charge is -2.20. The van der Waals surface area contributed by atoms with Gasteiger partial charge >= 0.3 is 5.97 Å². The molecule has 2 aromatic carbocycles. The van der Waals surface area contributed by atoms with Gasteiger partial charge in [0.15, 0.2) is 0 Å². The Kier molecular flexibility index (Phi) is 8.15. The molecule has 0 unspecified atom stereocenters. The molecule has 3 rings (SSSR count). The van der Waals surface area contributed by atoms with E-state index in [0.29, 0.717) is 19.2 Å². The van der Waals surface area contributed by atoms with Crippen LogP contribution in [-0.4, -0.2) is 44.8 Å². The Bertz CT molecular complexity index is 1110. The molecule has 7 nitrogen and oxygen atoms in total. The summed E-state index contributed by atoms with van der Waals surface area (Å²) in [4.78, 5) is 24.0. The highest BCUT2D eigenvalue weighted by Gasteiger charge is 2.25. The number of carbonyl (C=O) groups is 2. The fourth-order valence-corrected chi connectivity index (χ4v) is 5.16. The molecule has 0 saturated carbocycles. The Morgan fingerprint density at radius 3 is 2.24 bits per heavy atom. The number of esters is 1. The van der Waals surface area contributed by atoms with Gasteiger partial charge in [0.2, 0.25) is 15.9 Å². The second-order valence-electron chi connectivity index (χ2n) is 7.81. The average molecular weight is 481 g/mol. The van der Waals surface area contributed by atoms with Crippen LogP contribution in [-0.2, 0) is 26.0 Å². The third kappa shape index (κ3) is 6.14. The molecule has 10 heteroatoms. The summed E-state index contributed by atoms with van der Waals surface area (Å²) in [6.07, 6.45) is 4.01. The van der Waals surface area contributed by atoms with Crippen molar-refractivity contribution >= 4 is 27.6 Å². The van der Waals surface area contributed by atoms with E-state index in [1.165, 1.54) is 16.4 Å². The Balaban J connectivity index is 1.61. The Labute approximate surface area is 191 Å². The molecular formula is C23H26F2N2O5S. The van der Waals surface area contributed by atoms with Gasteiger partial charge in [-0.25, -0.2) is 22.0 Å². The highest BCUT2D eigenvalue weighted by Crippen LogP contribution is 2.22. The molecule has 1 N–H and O–H groups in total. The van der Waals surface area contributed by atoms with Crippen LogP contribution in [0.5, 0.6) is 0 Å². The van der Waals surface area contributed by atoms with Crippen LogP contribution in [0.3, 0.4) is 0 Å². The lowest BCUT2D eigenvalue weighted by atomic mass is 10.1. The van der Waals surface area contributed by atoms with Gasteiger partial charge in [-0.2, -0.15) is 4.31 Å². The zero-order chi connectivity index (χ0) is 24.0. The van der Waals surface area contributed by atoms with Crippen LogP contribution in [0, 0.1) is 11.6 Å². The van der Waals surface area contributed by atoms with Crippen LogP contribution in [0.1, 0.15) is 48.0 Å². The molecule has 2 aromatic rings. The largest absolute Gasteiger partial charge is 0.465 e. The molecular weight excluding hydrogens is 454 g/mol. The van der Waals surface area contributed by atoms with Crippen LogP contribution in [0.2, 0.25) is 0 Å². The summed E-state index contributed by atoms with van der Waals surface area (Å²) in [6, 6.07) is 7.73. The van der Waals surface area contributed by atoms with Crippen molar-refractivity contribution in [2.75, 3.05) is 25.5 Å². The number of hydrogen-bond acceptors (Lipinski definition) is 5. The van der Waals surface area contributed by atoms with Gasteiger partial charge in [-0.15, -0.1) is 0 Å². The summed E-state index contributed by atoms with van der Waals surface area (Å²) in [5, 5.41) is 2.32. The Hall–Kier alpha value is -2.85. The molecule has 1 aliphatic heterocycles. The van der Waals surface area contributed by atoms with E-state index in [-0.39, 0.29) is 23.4 Å². The summed E-state index contributed by atoms with van der Waals surface area (Å²) in [7, 11) is -2.49. The van der Waals surface area contributed by atoms with Gasteiger partial charge in [0, 0.05) is 25.6 Å². The number of nitrogens with zero attached hydrogens (tertiary/aromatic N) is 1. The minimum absolute atomic E-state index is 0.0252. The van der Waals surface area contributed by atoms with Gasteiger partial charge in [0.05, 0.1) is 23.3 Å². The first-order valence-electron chi connectivity index (χ1n) is 10.7. The number of rotatable bonds is 7. The maximum absolute atomic E-state index is 14.0. The van der Waals surface area contributed by atoms with Gasteiger partial charge in [0.25, 0.3) is 0 Å². The number of ether oxygens (including phenoxy) is 1. The topological polar surface area (TPSA) is 92.8 Å². The quantitative estimate of drug-likeness (QED) is 0.607. The maximum atomic E-state index is 14.0. The number of carbonyl (C=O) groups excluding carboxylic acids is 2. The number of nitrogens with one attached hydrogen (secondary N) is 1. The summed E-state index contributed by atoms with van der Waals surface area (Å²) in [5.41, 5.74) is -0.0918. The Morgan fingerprint density at radius 2 is 1.64 bits per heavy atom. The summed E-state index contributed by atoms with van der Waals surface area (Å²) in [5.74, 6) is -3.64. The van der Waals surface area contributed by atoms with E-state index in [2.05, 4.69) is 10.1 Å². The van der Waals surface area contributed by atoms with Gasteiger partial charge in [-0.05, 0) is 43.0 Å². The molecule has 178 valence electrons. The number of sulfonamides is 1. The number of benzene rings is 2. The van der Waals surface area contributed by atoms with Crippen LogP contribution in [0.15, 0.2) is 41.3 Å². The first-order chi connectivity index (χ1) is 15.7. The van der Waals surface area contributed by atoms with Crippen molar-refractivity contribution in [3.63, 3.8) is 0 Å². The minimum atomic E-state index is -3.55. The fourth-order valence-electron chi connectivity index (χ4n) is 3.64. The second kappa shape index (κ2) is 10.8. The molecule has 0 atom stereocenters. The molecule has 0 aliphatic carbocycles. The molecule has 1 saturated heterocycles. The van der Waals surface area contributed by atoms with E-state index in [9.17, 15) is 26.8 Å². The molecule has 0 spiro atoms. The summed E-state index contributed by atoms with van der Waals surface area (Å²) >= 11 is 0. The average Bonchev–Trinajstić information content (AvgIpc) is 3.09. The van der Waals surface area contributed by atoms with Crippen LogP contribution in [0.4, 0.5) is 14.5 Å². The lowest BCUT2D eigenvalue weighted by molar-refractivity contribution is -0.116. The van der Waals surface area contributed by atoms with Crippen molar-refractivity contribution in [3.8, 4) is 0 Å². The first-order valence-corrected chi connectivity index (χ1v) is 12.1. The molecule has 0 bridgehead atoms. The van der Waals surface area contributed by atoms with E-state index in [1.54, 1.807) is 12.1 Å². The monoisotopic (exact) mass is 480 g/mol. The normalized spacial score (nSPS) is 15.0. The van der Waals surface area contributed by atoms with E-state index in [1.807, 2.05) is 0 Å². The zero-order valence-corrected chi connectivity index (χ0v) is 19.1. The van der Waals surface area contributed by atoms with Gasteiger partial charge in [-0.3, -0.25) is 4.79 Å². The van der Waals surface area contributed by atoms with Crippen LogP contribution in [0.25, 0.3) is 0 Å². The zero-order valence-electron chi connectivity index (χ0n) is 18.3. The third-order valence-corrected chi connectivity index (χ3v) is 7.42. The van der Waals surface area contributed by atoms with E-state index in [4.69, 9.17) is 0 Å². The minimum Gasteiger partial charge on any atom is -0.465 e. The third-order valence-electron chi connectivity index (χ3n) is 5.50. The number of anilines is 1. The highest BCUT2D eigenvalue weighted by molar-refractivity contribution is 7.89. The predicted molar refractivity (Wildman–Crippen MR) is 118 cm³/mol. The maximum Gasteiger partial charge on any atom is 0.340 e. The van der Waals surface area contributed by atoms with Crippen LogP contribution >= 0.6 is 0 Å². The molecule has 0 radical (unpaired) electrons. The van der Waals surface area contributed by atoms with Gasteiger partial charge < -0.3 is 10.1 Å². The van der Waals surface area contributed by atoms with Crippen LogP contribution < -0.4 is 5.32 Å². The van der Waals surface area contributed by atoms with Crippen molar-refractivity contribution in [2.45, 2.75) is 43.4 Å². The standard InChI is InChI=1S/C23H26F2N2O5S/c1-32-23(29)18-14-21(20(25)15-19(18)24)26-22(28)11-8-16-6-9-17(10-7-16)33(30,31)27-12-4-2-3-5-13-27/h6-7,9-10,14-15H,2-5,8,11-13H2,1H3,(H,26,28). The number of methoxy groups -OCH3 is 1. The first kappa shape index (κ1) is 24.8. The van der Waals surface area contributed by atoms with Gasteiger partial charge in [0.1, 0.15) is 11.6 Å². The van der Waals surface area contributed by atoms with E-state index in [0.717, 1.165) is 44.4 Å². The molecule has 0 aromatic heterocycles. The molecule has 1 amide bonds. The Morgan fingerprint density at radius 1 is 1.00 bits per heavy atom. The number of halogens is 2. The number of hydrogen-bond donors (Lipinski definition) is 1. The van der Waals surface area contributed by atoms with Crippen molar-refractivity contribution in [1.29, 1.82) is 0 Å².